The first kappa shape index (κ1) is 13.5. The number of rotatable bonds is 3. The third-order valence-electron chi connectivity index (χ3n) is 3.51. The Balaban J connectivity index is 1.89. The Morgan fingerprint density at radius 1 is 1.28 bits per heavy atom. The van der Waals surface area contributed by atoms with Crippen LogP contribution in [-0.2, 0) is 12.0 Å². The summed E-state index contributed by atoms with van der Waals surface area (Å²) in [5, 5.41) is 8.25. The molecule has 5 nitrogen and oxygen atoms in total. The molecule has 18 heavy (non-hydrogen) atoms. The van der Waals surface area contributed by atoms with Gasteiger partial charge in [-0.25, -0.2) is 0 Å². The number of aromatic nitrogens is 2. The third kappa shape index (κ3) is 3.29. The van der Waals surface area contributed by atoms with E-state index in [0.717, 1.165) is 32.1 Å². The Labute approximate surface area is 109 Å². The predicted molar refractivity (Wildman–Crippen MR) is 70.1 cm³/mol. The monoisotopic (exact) mass is 252 g/mol. The van der Waals surface area contributed by atoms with E-state index in [4.69, 9.17) is 10.2 Å². The van der Waals surface area contributed by atoms with E-state index in [1.165, 1.54) is 12.8 Å². The molecular formula is C13H24N4O. The van der Waals surface area contributed by atoms with Crippen LogP contribution in [0.15, 0.2) is 4.42 Å². The Morgan fingerprint density at radius 2 is 1.94 bits per heavy atom. The molecular weight excluding hydrogens is 228 g/mol. The zero-order valence-corrected chi connectivity index (χ0v) is 11.6. The van der Waals surface area contributed by atoms with Crippen LogP contribution in [-0.4, -0.2) is 34.7 Å². The van der Waals surface area contributed by atoms with Crippen LogP contribution in [0, 0.1) is 5.92 Å². The Kier molecular flexibility index (Phi) is 4.02. The first-order chi connectivity index (χ1) is 8.49. The summed E-state index contributed by atoms with van der Waals surface area (Å²) in [6.07, 6.45) is 2.35. The summed E-state index contributed by atoms with van der Waals surface area (Å²) in [6.45, 7) is 9.97. The van der Waals surface area contributed by atoms with Gasteiger partial charge in [-0.3, -0.25) is 4.90 Å². The average molecular weight is 252 g/mol. The zero-order valence-electron chi connectivity index (χ0n) is 11.6. The molecule has 102 valence electrons. The average Bonchev–Trinajstić information content (AvgIpc) is 2.78. The fourth-order valence-electron chi connectivity index (χ4n) is 2.19. The van der Waals surface area contributed by atoms with Crippen molar-refractivity contribution < 1.29 is 4.42 Å². The first-order valence-electron chi connectivity index (χ1n) is 6.74. The summed E-state index contributed by atoms with van der Waals surface area (Å²) in [4.78, 5) is 2.37. The Morgan fingerprint density at radius 3 is 2.44 bits per heavy atom. The van der Waals surface area contributed by atoms with Crippen LogP contribution in [0.25, 0.3) is 0 Å². The van der Waals surface area contributed by atoms with Crippen molar-refractivity contribution in [3.8, 4) is 0 Å². The van der Waals surface area contributed by atoms with E-state index < -0.39 is 0 Å². The molecule has 0 spiro atoms. The van der Waals surface area contributed by atoms with E-state index >= 15 is 0 Å². The highest BCUT2D eigenvalue weighted by atomic mass is 16.4. The van der Waals surface area contributed by atoms with Gasteiger partial charge in [-0.1, -0.05) is 20.8 Å². The lowest BCUT2D eigenvalue weighted by atomic mass is 9.97. The maximum Gasteiger partial charge on any atom is 0.230 e. The maximum atomic E-state index is 5.72. The second-order valence-electron chi connectivity index (χ2n) is 6.21. The van der Waals surface area contributed by atoms with E-state index in [2.05, 4.69) is 35.9 Å². The molecule has 2 rings (SSSR count). The maximum absolute atomic E-state index is 5.72. The van der Waals surface area contributed by atoms with Crippen molar-refractivity contribution in [3.63, 3.8) is 0 Å². The largest absolute Gasteiger partial charge is 0.423 e. The summed E-state index contributed by atoms with van der Waals surface area (Å²) >= 11 is 0. The summed E-state index contributed by atoms with van der Waals surface area (Å²) in [5.74, 6) is 2.13. The standard InChI is InChI=1S/C13H24N4O/c1-13(2,3)12-16-15-11(18-12)9-17-6-4-10(8-14)5-7-17/h10H,4-9,14H2,1-3H3. The van der Waals surface area contributed by atoms with E-state index in [-0.39, 0.29) is 5.41 Å². The lowest BCUT2D eigenvalue weighted by Gasteiger charge is -2.30. The molecule has 2 N–H and O–H groups in total. The molecule has 1 aromatic heterocycles. The lowest BCUT2D eigenvalue weighted by Crippen LogP contribution is -2.35. The molecule has 0 aliphatic carbocycles. The van der Waals surface area contributed by atoms with Gasteiger partial charge in [0.2, 0.25) is 11.8 Å². The van der Waals surface area contributed by atoms with Crippen LogP contribution >= 0.6 is 0 Å². The summed E-state index contributed by atoms with van der Waals surface area (Å²) in [5.41, 5.74) is 5.62. The van der Waals surface area contributed by atoms with Crippen molar-refractivity contribution in [2.75, 3.05) is 19.6 Å². The number of piperidine rings is 1. The second kappa shape index (κ2) is 5.36. The van der Waals surface area contributed by atoms with E-state index in [1.54, 1.807) is 0 Å². The predicted octanol–water partition coefficient (Wildman–Crippen LogP) is 1.54. The molecule has 1 aliphatic heterocycles. The molecule has 0 bridgehead atoms. The topological polar surface area (TPSA) is 68.2 Å². The summed E-state index contributed by atoms with van der Waals surface area (Å²) in [6, 6.07) is 0. The molecule has 0 unspecified atom stereocenters. The molecule has 0 amide bonds. The van der Waals surface area contributed by atoms with Gasteiger partial charge in [0, 0.05) is 5.41 Å². The van der Waals surface area contributed by atoms with Crippen molar-refractivity contribution in [1.29, 1.82) is 0 Å². The van der Waals surface area contributed by atoms with Gasteiger partial charge in [0.15, 0.2) is 0 Å². The molecule has 1 saturated heterocycles. The van der Waals surface area contributed by atoms with Gasteiger partial charge in [0.05, 0.1) is 6.54 Å². The highest BCUT2D eigenvalue weighted by Gasteiger charge is 2.23. The van der Waals surface area contributed by atoms with Crippen LogP contribution in [0.2, 0.25) is 0 Å². The summed E-state index contributed by atoms with van der Waals surface area (Å²) in [7, 11) is 0. The van der Waals surface area contributed by atoms with Crippen LogP contribution in [0.5, 0.6) is 0 Å². The molecule has 1 aromatic rings. The van der Waals surface area contributed by atoms with Crippen molar-refractivity contribution in [2.24, 2.45) is 11.7 Å². The van der Waals surface area contributed by atoms with Crippen LogP contribution in [0.4, 0.5) is 0 Å². The van der Waals surface area contributed by atoms with Crippen molar-refractivity contribution in [3.05, 3.63) is 11.8 Å². The fourth-order valence-corrected chi connectivity index (χ4v) is 2.19. The number of hydrogen-bond acceptors (Lipinski definition) is 5. The number of nitrogens with zero attached hydrogens (tertiary/aromatic N) is 3. The quantitative estimate of drug-likeness (QED) is 0.883. The highest BCUT2D eigenvalue weighted by Crippen LogP contribution is 2.22. The third-order valence-corrected chi connectivity index (χ3v) is 3.51. The summed E-state index contributed by atoms with van der Waals surface area (Å²) < 4.78 is 5.72. The number of likely N-dealkylation sites (tertiary alicyclic amines) is 1. The lowest BCUT2D eigenvalue weighted by molar-refractivity contribution is 0.164. The first-order valence-corrected chi connectivity index (χ1v) is 6.74. The van der Waals surface area contributed by atoms with Gasteiger partial charge in [0.1, 0.15) is 0 Å². The van der Waals surface area contributed by atoms with Crippen molar-refractivity contribution >= 4 is 0 Å². The molecule has 1 aliphatic rings. The number of nitrogens with two attached hydrogens (primary N) is 1. The van der Waals surface area contributed by atoms with Crippen molar-refractivity contribution in [2.45, 2.75) is 45.6 Å². The Hall–Kier alpha value is -0.940. The molecule has 0 atom stereocenters. The minimum Gasteiger partial charge on any atom is -0.423 e. The zero-order chi connectivity index (χ0) is 13.2. The minimum absolute atomic E-state index is 0.0716. The van der Waals surface area contributed by atoms with E-state index in [0.29, 0.717) is 11.8 Å². The minimum atomic E-state index is -0.0716. The molecule has 2 heterocycles. The highest BCUT2D eigenvalue weighted by molar-refractivity contribution is 4.96. The van der Waals surface area contributed by atoms with Gasteiger partial charge >= 0.3 is 0 Å². The van der Waals surface area contributed by atoms with Gasteiger partial charge < -0.3 is 10.2 Å². The second-order valence-corrected chi connectivity index (χ2v) is 6.21. The van der Waals surface area contributed by atoms with Gasteiger partial charge in [-0.15, -0.1) is 10.2 Å². The molecule has 0 radical (unpaired) electrons. The van der Waals surface area contributed by atoms with E-state index in [9.17, 15) is 0 Å². The van der Waals surface area contributed by atoms with Crippen molar-refractivity contribution in [1.82, 2.24) is 15.1 Å². The van der Waals surface area contributed by atoms with Crippen LogP contribution in [0.3, 0.4) is 0 Å². The van der Waals surface area contributed by atoms with E-state index in [1.807, 2.05) is 0 Å². The van der Waals surface area contributed by atoms with Gasteiger partial charge in [-0.05, 0) is 38.4 Å². The normalized spacial score (nSPS) is 19.3. The molecule has 5 heteroatoms. The van der Waals surface area contributed by atoms with Crippen LogP contribution < -0.4 is 5.73 Å². The SMILES string of the molecule is CC(C)(C)c1nnc(CN2CCC(CN)CC2)o1. The molecule has 1 fully saturated rings. The smallest absolute Gasteiger partial charge is 0.230 e. The van der Waals surface area contributed by atoms with Gasteiger partial charge in [0.25, 0.3) is 0 Å². The molecule has 0 aromatic carbocycles. The van der Waals surface area contributed by atoms with Gasteiger partial charge in [-0.2, -0.15) is 0 Å². The Bertz CT molecular complexity index is 375. The van der Waals surface area contributed by atoms with Crippen LogP contribution in [0.1, 0.15) is 45.4 Å². The molecule has 0 saturated carbocycles. The number of hydrogen-bond donors (Lipinski definition) is 1. The fraction of sp³-hybridized carbons (Fsp3) is 0.846.